The molecule has 0 aliphatic heterocycles. The van der Waals surface area contributed by atoms with Gasteiger partial charge in [0.1, 0.15) is 5.75 Å². The third-order valence-corrected chi connectivity index (χ3v) is 5.06. The van der Waals surface area contributed by atoms with E-state index in [9.17, 15) is 18.6 Å². The first-order chi connectivity index (χ1) is 11.3. The molecule has 0 radical (unpaired) electrons. The molecular formula is C17H16N2O4S. The SMILES string of the molecule is Cc1ccc(O)c(NS(=O)(=O)c2ccc3c(O)c(C)ccc3c2)n1. The summed E-state index contributed by atoms with van der Waals surface area (Å²) >= 11 is 0. The number of phenolic OH excluding ortho intramolecular Hbond substituents is 1. The molecule has 0 bridgehead atoms. The van der Waals surface area contributed by atoms with Crippen LogP contribution in [0.25, 0.3) is 10.8 Å². The van der Waals surface area contributed by atoms with E-state index in [1.807, 2.05) is 0 Å². The Labute approximate surface area is 139 Å². The highest BCUT2D eigenvalue weighted by atomic mass is 32.2. The summed E-state index contributed by atoms with van der Waals surface area (Å²) in [6.45, 7) is 3.46. The lowest BCUT2D eigenvalue weighted by molar-refractivity contribution is 0.475. The largest absolute Gasteiger partial charge is 0.507 e. The van der Waals surface area contributed by atoms with Gasteiger partial charge in [-0.25, -0.2) is 13.4 Å². The van der Waals surface area contributed by atoms with Gasteiger partial charge in [-0.05, 0) is 55.1 Å². The van der Waals surface area contributed by atoms with Crippen molar-refractivity contribution in [3.63, 3.8) is 0 Å². The van der Waals surface area contributed by atoms with Gasteiger partial charge in [-0.15, -0.1) is 0 Å². The minimum atomic E-state index is -3.92. The van der Waals surface area contributed by atoms with Crippen molar-refractivity contribution in [2.45, 2.75) is 18.7 Å². The van der Waals surface area contributed by atoms with Crippen molar-refractivity contribution < 1.29 is 18.6 Å². The Morgan fingerprint density at radius 1 is 1.00 bits per heavy atom. The Morgan fingerprint density at radius 3 is 2.50 bits per heavy atom. The van der Waals surface area contributed by atoms with Gasteiger partial charge in [-0.3, -0.25) is 4.72 Å². The second-order valence-electron chi connectivity index (χ2n) is 5.54. The van der Waals surface area contributed by atoms with Crippen molar-refractivity contribution in [3.05, 3.63) is 53.7 Å². The number of nitrogens with zero attached hydrogens (tertiary/aromatic N) is 1. The van der Waals surface area contributed by atoms with Crippen LogP contribution in [0.3, 0.4) is 0 Å². The third kappa shape index (κ3) is 2.85. The number of phenols is 1. The molecule has 1 heterocycles. The number of nitrogens with one attached hydrogen (secondary N) is 1. The van der Waals surface area contributed by atoms with E-state index in [1.165, 1.54) is 18.2 Å². The summed E-state index contributed by atoms with van der Waals surface area (Å²) in [5, 5.41) is 21.0. The van der Waals surface area contributed by atoms with E-state index < -0.39 is 10.0 Å². The maximum Gasteiger partial charge on any atom is 0.263 e. The van der Waals surface area contributed by atoms with Crippen LogP contribution in [-0.2, 0) is 10.0 Å². The minimum Gasteiger partial charge on any atom is -0.507 e. The van der Waals surface area contributed by atoms with E-state index in [0.29, 0.717) is 22.0 Å². The standard InChI is InChI=1S/C17H16N2O4S/c1-10-3-5-12-9-13(6-7-14(12)16(10)21)24(22,23)19-17-15(20)8-4-11(2)18-17/h3-9,20-21H,1-2H3,(H,18,19). The molecular weight excluding hydrogens is 328 g/mol. The Morgan fingerprint density at radius 2 is 1.75 bits per heavy atom. The highest BCUT2D eigenvalue weighted by Gasteiger charge is 2.18. The van der Waals surface area contributed by atoms with Crippen LogP contribution in [0, 0.1) is 13.8 Å². The quantitative estimate of drug-likeness (QED) is 0.678. The van der Waals surface area contributed by atoms with Crippen molar-refractivity contribution in [1.29, 1.82) is 0 Å². The molecule has 3 N–H and O–H groups in total. The van der Waals surface area contributed by atoms with E-state index in [0.717, 1.165) is 0 Å². The lowest BCUT2D eigenvalue weighted by Gasteiger charge is -2.11. The fraction of sp³-hybridized carbons (Fsp3) is 0.118. The van der Waals surface area contributed by atoms with Crippen LogP contribution < -0.4 is 4.72 Å². The summed E-state index contributed by atoms with van der Waals surface area (Å²) in [5.41, 5.74) is 1.29. The summed E-state index contributed by atoms with van der Waals surface area (Å²) in [6.07, 6.45) is 0. The van der Waals surface area contributed by atoms with Crippen LogP contribution in [0.4, 0.5) is 5.82 Å². The minimum absolute atomic E-state index is 0.0148. The van der Waals surface area contributed by atoms with Crippen LogP contribution in [-0.4, -0.2) is 23.6 Å². The fourth-order valence-electron chi connectivity index (χ4n) is 2.38. The van der Waals surface area contributed by atoms with E-state index in [4.69, 9.17) is 0 Å². The Hall–Kier alpha value is -2.80. The lowest BCUT2D eigenvalue weighted by Crippen LogP contribution is -2.14. The molecule has 24 heavy (non-hydrogen) atoms. The molecule has 1 aromatic heterocycles. The van der Waals surface area contributed by atoms with Crippen LogP contribution >= 0.6 is 0 Å². The van der Waals surface area contributed by atoms with Crippen LogP contribution in [0.2, 0.25) is 0 Å². The second-order valence-corrected chi connectivity index (χ2v) is 7.22. The number of aromatic hydroxyl groups is 2. The van der Waals surface area contributed by atoms with E-state index in [2.05, 4.69) is 9.71 Å². The van der Waals surface area contributed by atoms with Crippen molar-refractivity contribution in [2.24, 2.45) is 0 Å². The third-order valence-electron chi connectivity index (χ3n) is 3.72. The lowest BCUT2D eigenvalue weighted by atomic mass is 10.1. The Kier molecular flexibility index (Phi) is 3.81. The Balaban J connectivity index is 2.05. The van der Waals surface area contributed by atoms with E-state index in [1.54, 1.807) is 38.1 Å². The van der Waals surface area contributed by atoms with Gasteiger partial charge in [-0.1, -0.05) is 12.1 Å². The zero-order valence-corrected chi connectivity index (χ0v) is 13.9. The molecule has 0 spiro atoms. The molecule has 0 amide bonds. The van der Waals surface area contributed by atoms with Gasteiger partial charge in [-0.2, -0.15) is 0 Å². The zero-order chi connectivity index (χ0) is 17.5. The normalized spacial score (nSPS) is 11.6. The average molecular weight is 344 g/mol. The molecule has 3 rings (SSSR count). The molecule has 6 nitrogen and oxygen atoms in total. The van der Waals surface area contributed by atoms with Gasteiger partial charge in [0.15, 0.2) is 11.6 Å². The van der Waals surface area contributed by atoms with Gasteiger partial charge < -0.3 is 10.2 Å². The van der Waals surface area contributed by atoms with Crippen LogP contribution in [0.5, 0.6) is 11.5 Å². The topological polar surface area (TPSA) is 99.5 Å². The molecule has 0 atom stereocenters. The van der Waals surface area contributed by atoms with E-state index >= 15 is 0 Å². The molecule has 124 valence electrons. The number of fused-ring (bicyclic) bond motifs is 1. The van der Waals surface area contributed by atoms with E-state index in [-0.39, 0.29) is 22.2 Å². The highest BCUT2D eigenvalue weighted by Crippen LogP contribution is 2.31. The second kappa shape index (κ2) is 5.68. The Bertz CT molecular complexity index is 1050. The summed E-state index contributed by atoms with van der Waals surface area (Å²) in [5.74, 6) is -0.248. The molecule has 0 fully saturated rings. The molecule has 2 aromatic carbocycles. The van der Waals surface area contributed by atoms with Gasteiger partial charge in [0.2, 0.25) is 0 Å². The van der Waals surface area contributed by atoms with Crippen molar-refractivity contribution in [2.75, 3.05) is 4.72 Å². The molecule has 0 saturated carbocycles. The smallest absolute Gasteiger partial charge is 0.263 e. The number of sulfonamides is 1. The maximum absolute atomic E-state index is 12.5. The van der Waals surface area contributed by atoms with Gasteiger partial charge in [0.05, 0.1) is 4.90 Å². The van der Waals surface area contributed by atoms with Gasteiger partial charge in [0.25, 0.3) is 10.0 Å². The molecule has 0 saturated heterocycles. The molecule has 7 heteroatoms. The summed E-state index contributed by atoms with van der Waals surface area (Å²) in [6, 6.07) is 10.8. The first-order valence-corrected chi connectivity index (χ1v) is 8.68. The predicted octanol–water partition coefficient (Wildman–Crippen LogP) is 3.06. The van der Waals surface area contributed by atoms with Crippen LogP contribution in [0.1, 0.15) is 11.3 Å². The molecule has 0 unspecified atom stereocenters. The molecule has 3 aromatic rings. The summed E-state index contributed by atoms with van der Waals surface area (Å²) in [7, 11) is -3.92. The van der Waals surface area contributed by atoms with Gasteiger partial charge >= 0.3 is 0 Å². The highest BCUT2D eigenvalue weighted by molar-refractivity contribution is 7.92. The molecule has 0 aliphatic carbocycles. The summed E-state index contributed by atoms with van der Waals surface area (Å²) < 4.78 is 27.4. The number of anilines is 1. The predicted molar refractivity (Wildman–Crippen MR) is 91.8 cm³/mol. The number of aryl methyl sites for hydroxylation is 2. The van der Waals surface area contributed by atoms with Crippen molar-refractivity contribution >= 4 is 26.6 Å². The first-order valence-electron chi connectivity index (χ1n) is 7.20. The van der Waals surface area contributed by atoms with Crippen LogP contribution in [0.15, 0.2) is 47.4 Å². The van der Waals surface area contributed by atoms with Gasteiger partial charge in [0, 0.05) is 11.1 Å². The summed E-state index contributed by atoms with van der Waals surface area (Å²) in [4.78, 5) is 4.01. The number of benzene rings is 2. The van der Waals surface area contributed by atoms with Crippen molar-refractivity contribution in [1.82, 2.24) is 4.98 Å². The van der Waals surface area contributed by atoms with Crippen molar-refractivity contribution in [3.8, 4) is 11.5 Å². The average Bonchev–Trinajstić information content (AvgIpc) is 2.54. The molecule has 0 aliphatic rings. The zero-order valence-electron chi connectivity index (χ0n) is 13.1. The monoisotopic (exact) mass is 344 g/mol. The number of hydrogen-bond donors (Lipinski definition) is 3. The fourth-order valence-corrected chi connectivity index (χ4v) is 3.43. The maximum atomic E-state index is 12.5. The number of aromatic nitrogens is 1. The number of rotatable bonds is 3. The number of pyridine rings is 1. The number of hydrogen-bond acceptors (Lipinski definition) is 5. The first kappa shape index (κ1) is 16.1.